The Labute approximate surface area is 118 Å². The SMILES string of the molecule is CCOC(=O)C[C@H](NC(=O)c1cc(F)cc(F)c1)C(=O)O. The van der Waals surface area contributed by atoms with Gasteiger partial charge in [-0.25, -0.2) is 13.6 Å². The maximum atomic E-state index is 13.0. The number of amides is 1. The van der Waals surface area contributed by atoms with Gasteiger partial charge in [0.25, 0.3) is 5.91 Å². The molecule has 6 nitrogen and oxygen atoms in total. The molecule has 0 spiro atoms. The van der Waals surface area contributed by atoms with Crippen molar-refractivity contribution in [2.24, 2.45) is 0 Å². The second-order valence-electron chi connectivity index (χ2n) is 4.03. The molecule has 0 aliphatic carbocycles. The standard InChI is InChI=1S/C13H13F2NO5/c1-2-21-11(17)6-10(13(19)20)16-12(18)7-3-8(14)5-9(15)4-7/h3-5,10H,2,6H2,1H3,(H,16,18)(H,19,20)/t10-/m0/s1. The molecule has 0 radical (unpaired) electrons. The molecule has 0 aliphatic rings. The monoisotopic (exact) mass is 301 g/mol. The first-order valence-electron chi connectivity index (χ1n) is 5.99. The van der Waals surface area contributed by atoms with Crippen LogP contribution in [-0.4, -0.2) is 35.6 Å². The Balaban J connectivity index is 2.81. The topological polar surface area (TPSA) is 92.7 Å². The largest absolute Gasteiger partial charge is 0.480 e. The highest BCUT2D eigenvalue weighted by Gasteiger charge is 2.24. The van der Waals surface area contributed by atoms with Gasteiger partial charge in [0.1, 0.15) is 17.7 Å². The van der Waals surface area contributed by atoms with E-state index in [0.29, 0.717) is 6.07 Å². The molecule has 114 valence electrons. The minimum atomic E-state index is -1.55. The summed E-state index contributed by atoms with van der Waals surface area (Å²) in [6.07, 6.45) is -0.591. The fraction of sp³-hybridized carbons (Fsp3) is 0.308. The predicted octanol–water partition coefficient (Wildman–Crippen LogP) is 1.10. The van der Waals surface area contributed by atoms with Gasteiger partial charge >= 0.3 is 11.9 Å². The summed E-state index contributed by atoms with van der Waals surface area (Å²) in [4.78, 5) is 33.9. The van der Waals surface area contributed by atoms with Crippen LogP contribution in [0.4, 0.5) is 8.78 Å². The second-order valence-corrected chi connectivity index (χ2v) is 4.03. The van der Waals surface area contributed by atoms with Crippen molar-refractivity contribution in [3.63, 3.8) is 0 Å². The van der Waals surface area contributed by atoms with Gasteiger partial charge in [-0.1, -0.05) is 0 Å². The molecule has 0 unspecified atom stereocenters. The van der Waals surface area contributed by atoms with Crippen LogP contribution < -0.4 is 5.32 Å². The molecule has 1 aromatic rings. The second kappa shape index (κ2) is 7.32. The van der Waals surface area contributed by atoms with E-state index in [-0.39, 0.29) is 12.2 Å². The number of carbonyl (C=O) groups excluding carboxylic acids is 2. The van der Waals surface area contributed by atoms with Gasteiger partial charge in [-0.05, 0) is 19.1 Å². The van der Waals surface area contributed by atoms with Crippen LogP contribution in [0.3, 0.4) is 0 Å². The number of rotatable bonds is 6. The van der Waals surface area contributed by atoms with Crippen LogP contribution in [0.1, 0.15) is 23.7 Å². The van der Waals surface area contributed by atoms with Crippen LogP contribution in [0.2, 0.25) is 0 Å². The molecule has 0 bridgehead atoms. The van der Waals surface area contributed by atoms with Crippen LogP contribution in [0, 0.1) is 11.6 Å². The molecule has 0 fully saturated rings. The van der Waals surface area contributed by atoms with Crippen molar-refractivity contribution < 1.29 is 33.0 Å². The average Bonchev–Trinajstić information content (AvgIpc) is 2.36. The number of benzene rings is 1. The summed E-state index contributed by atoms with van der Waals surface area (Å²) < 4.78 is 30.5. The molecule has 21 heavy (non-hydrogen) atoms. The Morgan fingerprint density at radius 3 is 2.29 bits per heavy atom. The lowest BCUT2D eigenvalue weighted by Crippen LogP contribution is -2.42. The molecule has 0 saturated heterocycles. The number of esters is 1. The van der Waals surface area contributed by atoms with Gasteiger partial charge in [-0.2, -0.15) is 0 Å². The van der Waals surface area contributed by atoms with Gasteiger partial charge in [0, 0.05) is 11.6 Å². The van der Waals surface area contributed by atoms with Crippen LogP contribution in [0.25, 0.3) is 0 Å². The molecule has 1 amide bonds. The third-order valence-electron chi connectivity index (χ3n) is 2.40. The predicted molar refractivity (Wildman–Crippen MR) is 66.5 cm³/mol. The van der Waals surface area contributed by atoms with Gasteiger partial charge in [-0.15, -0.1) is 0 Å². The zero-order chi connectivity index (χ0) is 16.0. The van der Waals surface area contributed by atoms with Gasteiger partial charge in [-0.3, -0.25) is 9.59 Å². The summed E-state index contributed by atoms with van der Waals surface area (Å²) in [6.45, 7) is 1.61. The zero-order valence-corrected chi connectivity index (χ0v) is 11.1. The van der Waals surface area contributed by atoms with E-state index in [1.807, 2.05) is 5.32 Å². The van der Waals surface area contributed by atoms with E-state index in [0.717, 1.165) is 12.1 Å². The molecule has 1 aromatic carbocycles. The van der Waals surface area contributed by atoms with Crippen molar-refractivity contribution in [3.05, 3.63) is 35.4 Å². The molecule has 2 N–H and O–H groups in total. The number of nitrogens with one attached hydrogen (secondary N) is 1. The Morgan fingerprint density at radius 2 is 1.81 bits per heavy atom. The summed E-state index contributed by atoms with van der Waals surface area (Å²) in [7, 11) is 0. The van der Waals surface area contributed by atoms with E-state index in [1.54, 1.807) is 6.92 Å². The molecule has 0 aromatic heterocycles. The highest BCUT2D eigenvalue weighted by Crippen LogP contribution is 2.08. The number of hydrogen-bond acceptors (Lipinski definition) is 4. The Hall–Kier alpha value is -2.51. The molecular formula is C13H13F2NO5. The van der Waals surface area contributed by atoms with Crippen molar-refractivity contribution in [3.8, 4) is 0 Å². The summed E-state index contributed by atoms with van der Waals surface area (Å²) in [6, 6.07) is 0.524. The summed E-state index contributed by atoms with van der Waals surface area (Å²) in [5, 5.41) is 10.9. The smallest absolute Gasteiger partial charge is 0.326 e. The first kappa shape index (κ1) is 16.5. The van der Waals surface area contributed by atoms with Crippen molar-refractivity contribution in [1.82, 2.24) is 5.32 Å². The van der Waals surface area contributed by atoms with E-state index in [2.05, 4.69) is 4.74 Å². The van der Waals surface area contributed by atoms with Crippen molar-refractivity contribution in [2.45, 2.75) is 19.4 Å². The molecule has 0 heterocycles. The lowest BCUT2D eigenvalue weighted by atomic mass is 10.1. The van der Waals surface area contributed by atoms with E-state index in [1.165, 1.54) is 0 Å². The maximum absolute atomic E-state index is 13.0. The summed E-state index contributed by atoms with van der Waals surface area (Å²) in [5.41, 5.74) is -0.386. The van der Waals surface area contributed by atoms with Crippen LogP contribution in [-0.2, 0) is 14.3 Å². The van der Waals surface area contributed by atoms with E-state index < -0.39 is 41.9 Å². The number of carboxylic acids is 1. The molecule has 1 atom stereocenters. The zero-order valence-electron chi connectivity index (χ0n) is 11.1. The quantitative estimate of drug-likeness (QED) is 0.768. The minimum Gasteiger partial charge on any atom is -0.480 e. The Kier molecular flexibility index (Phi) is 5.77. The third kappa shape index (κ3) is 5.17. The summed E-state index contributed by atoms with van der Waals surface area (Å²) in [5.74, 6) is -5.23. The molecule has 8 heteroatoms. The third-order valence-corrected chi connectivity index (χ3v) is 2.40. The number of carbonyl (C=O) groups is 3. The first-order chi connectivity index (χ1) is 9.83. The first-order valence-corrected chi connectivity index (χ1v) is 5.99. The van der Waals surface area contributed by atoms with Gasteiger partial charge in [0.05, 0.1) is 13.0 Å². The van der Waals surface area contributed by atoms with Gasteiger partial charge < -0.3 is 15.2 Å². The minimum absolute atomic E-state index is 0.0637. The average molecular weight is 301 g/mol. The van der Waals surface area contributed by atoms with Crippen molar-refractivity contribution >= 4 is 17.8 Å². The highest BCUT2D eigenvalue weighted by molar-refractivity contribution is 5.97. The van der Waals surface area contributed by atoms with Crippen LogP contribution in [0.5, 0.6) is 0 Å². The number of carboxylic acid groups (broad SMARTS) is 1. The number of aliphatic carboxylic acids is 1. The van der Waals surface area contributed by atoms with Gasteiger partial charge in [0.15, 0.2) is 0 Å². The van der Waals surface area contributed by atoms with Crippen LogP contribution in [0.15, 0.2) is 18.2 Å². The molecule has 0 saturated carbocycles. The van der Waals surface area contributed by atoms with Crippen molar-refractivity contribution in [1.29, 1.82) is 0 Å². The lowest BCUT2D eigenvalue weighted by molar-refractivity contribution is -0.149. The van der Waals surface area contributed by atoms with E-state index in [4.69, 9.17) is 5.11 Å². The lowest BCUT2D eigenvalue weighted by Gasteiger charge is -2.13. The highest BCUT2D eigenvalue weighted by atomic mass is 19.1. The normalized spacial score (nSPS) is 11.6. The fourth-order valence-electron chi connectivity index (χ4n) is 1.51. The molecule has 0 aliphatic heterocycles. The van der Waals surface area contributed by atoms with E-state index >= 15 is 0 Å². The van der Waals surface area contributed by atoms with Crippen LogP contribution >= 0.6 is 0 Å². The molecular weight excluding hydrogens is 288 g/mol. The molecule has 1 rings (SSSR count). The number of halogens is 2. The van der Waals surface area contributed by atoms with Crippen molar-refractivity contribution in [2.75, 3.05) is 6.61 Å². The Bertz CT molecular complexity index is 541. The van der Waals surface area contributed by atoms with E-state index in [9.17, 15) is 23.2 Å². The number of ether oxygens (including phenoxy) is 1. The summed E-state index contributed by atoms with van der Waals surface area (Å²) >= 11 is 0. The Morgan fingerprint density at radius 1 is 1.24 bits per heavy atom. The number of hydrogen-bond donors (Lipinski definition) is 2. The fourth-order valence-corrected chi connectivity index (χ4v) is 1.51. The maximum Gasteiger partial charge on any atom is 0.326 e. The van der Waals surface area contributed by atoms with Gasteiger partial charge in [0.2, 0.25) is 0 Å².